The summed E-state index contributed by atoms with van der Waals surface area (Å²) in [6.07, 6.45) is 0. The first-order valence-corrected chi connectivity index (χ1v) is 8.45. The van der Waals surface area contributed by atoms with E-state index in [-0.39, 0.29) is 0 Å². The summed E-state index contributed by atoms with van der Waals surface area (Å²) in [4.78, 5) is 24.4. The molecule has 2 aromatic carbocycles. The van der Waals surface area contributed by atoms with Gasteiger partial charge in [-0.25, -0.2) is 8.78 Å². The topological polar surface area (TPSA) is 55.4 Å². The van der Waals surface area contributed by atoms with Gasteiger partial charge in [-0.3, -0.25) is 9.59 Å². The van der Waals surface area contributed by atoms with Gasteiger partial charge in [0, 0.05) is 9.92 Å². The van der Waals surface area contributed by atoms with Crippen molar-refractivity contribution < 1.29 is 23.1 Å². The van der Waals surface area contributed by atoms with Crippen molar-refractivity contribution in [3.63, 3.8) is 0 Å². The predicted molar refractivity (Wildman–Crippen MR) is 92.7 cm³/mol. The van der Waals surface area contributed by atoms with Gasteiger partial charge in [0.2, 0.25) is 0 Å². The van der Waals surface area contributed by atoms with E-state index in [1.54, 1.807) is 31.2 Å². The number of ether oxygens (including phenoxy) is 1. The number of halogens is 3. The molecule has 1 atom stereocenters. The van der Waals surface area contributed by atoms with E-state index in [9.17, 15) is 18.4 Å². The summed E-state index contributed by atoms with van der Waals surface area (Å²) in [5.41, 5.74) is -0.577. The molecule has 1 amide bonds. The van der Waals surface area contributed by atoms with Crippen LogP contribution in [-0.4, -0.2) is 23.7 Å². The molecule has 1 N–H and O–H groups in total. The first-order chi connectivity index (χ1) is 11.9. The van der Waals surface area contributed by atoms with Crippen LogP contribution in [0.1, 0.15) is 6.92 Å². The van der Waals surface area contributed by atoms with Crippen LogP contribution >= 0.6 is 23.4 Å². The summed E-state index contributed by atoms with van der Waals surface area (Å²) >= 11 is 7.02. The van der Waals surface area contributed by atoms with E-state index in [0.29, 0.717) is 5.02 Å². The number of nitrogens with one attached hydrogen (secondary N) is 1. The van der Waals surface area contributed by atoms with Crippen molar-refractivity contribution in [2.45, 2.75) is 17.1 Å². The minimum absolute atomic E-state index is 0.570. The second-order valence-corrected chi connectivity index (χ2v) is 6.82. The lowest BCUT2D eigenvalue weighted by atomic mass is 10.3. The summed E-state index contributed by atoms with van der Waals surface area (Å²) in [5.74, 6) is -3.28. The third-order valence-corrected chi connectivity index (χ3v) is 4.37. The van der Waals surface area contributed by atoms with Crippen molar-refractivity contribution >= 4 is 40.9 Å². The highest BCUT2D eigenvalue weighted by Crippen LogP contribution is 2.25. The Morgan fingerprint density at radius 1 is 1.16 bits per heavy atom. The van der Waals surface area contributed by atoms with Crippen LogP contribution in [0.4, 0.5) is 14.5 Å². The van der Waals surface area contributed by atoms with Gasteiger partial charge < -0.3 is 10.1 Å². The van der Waals surface area contributed by atoms with Crippen LogP contribution in [0, 0.1) is 11.6 Å². The van der Waals surface area contributed by atoms with Gasteiger partial charge >= 0.3 is 5.97 Å². The summed E-state index contributed by atoms with van der Waals surface area (Å²) < 4.78 is 31.7. The zero-order valence-corrected chi connectivity index (χ0v) is 14.7. The van der Waals surface area contributed by atoms with E-state index in [4.69, 9.17) is 16.3 Å². The molecular weight excluding hydrogens is 372 g/mol. The zero-order chi connectivity index (χ0) is 18.4. The number of para-hydroxylation sites is 1. The van der Waals surface area contributed by atoms with Crippen LogP contribution in [-0.2, 0) is 14.3 Å². The lowest BCUT2D eigenvalue weighted by molar-refractivity contribution is -0.146. The van der Waals surface area contributed by atoms with Crippen molar-refractivity contribution in [2.75, 3.05) is 11.9 Å². The molecule has 0 spiro atoms. The van der Waals surface area contributed by atoms with Crippen molar-refractivity contribution in [1.29, 1.82) is 0 Å². The smallest absolute Gasteiger partial charge is 0.319 e. The van der Waals surface area contributed by atoms with Crippen molar-refractivity contribution in [2.24, 2.45) is 0 Å². The maximum atomic E-state index is 13.4. The highest BCUT2D eigenvalue weighted by Gasteiger charge is 2.18. The lowest BCUT2D eigenvalue weighted by Gasteiger charge is -2.12. The van der Waals surface area contributed by atoms with E-state index in [1.807, 2.05) is 5.32 Å². The third kappa shape index (κ3) is 5.72. The number of benzene rings is 2. The Hall–Kier alpha value is -2.12. The molecule has 25 heavy (non-hydrogen) atoms. The number of carbonyl (C=O) groups is 2. The fraction of sp³-hybridized carbons (Fsp3) is 0.176. The zero-order valence-electron chi connectivity index (χ0n) is 13.1. The molecule has 4 nitrogen and oxygen atoms in total. The molecule has 0 fully saturated rings. The highest BCUT2D eigenvalue weighted by molar-refractivity contribution is 8.00. The molecule has 2 aromatic rings. The Kier molecular flexibility index (Phi) is 6.78. The van der Waals surface area contributed by atoms with Crippen LogP contribution in [0.3, 0.4) is 0 Å². The molecule has 0 aliphatic carbocycles. The maximum absolute atomic E-state index is 13.4. The maximum Gasteiger partial charge on any atom is 0.319 e. The molecule has 0 aliphatic rings. The molecule has 0 aliphatic heterocycles. The number of esters is 1. The monoisotopic (exact) mass is 385 g/mol. The van der Waals surface area contributed by atoms with E-state index in [0.717, 1.165) is 17.0 Å². The third-order valence-electron chi connectivity index (χ3n) is 3.03. The molecule has 0 heterocycles. The Morgan fingerprint density at radius 2 is 1.76 bits per heavy atom. The van der Waals surface area contributed by atoms with E-state index in [1.165, 1.54) is 17.8 Å². The fourth-order valence-corrected chi connectivity index (χ4v) is 2.80. The van der Waals surface area contributed by atoms with E-state index in [2.05, 4.69) is 0 Å². The lowest BCUT2D eigenvalue weighted by Crippen LogP contribution is -2.25. The average Bonchev–Trinajstić information content (AvgIpc) is 2.58. The van der Waals surface area contributed by atoms with Gasteiger partial charge in [-0.1, -0.05) is 17.7 Å². The predicted octanol–water partition coefficient (Wildman–Crippen LogP) is 4.28. The van der Waals surface area contributed by atoms with Crippen LogP contribution in [0.15, 0.2) is 47.4 Å². The van der Waals surface area contributed by atoms with Crippen LogP contribution < -0.4 is 5.32 Å². The van der Waals surface area contributed by atoms with Crippen LogP contribution in [0.2, 0.25) is 5.02 Å². The summed E-state index contributed by atoms with van der Waals surface area (Å²) in [5, 5.41) is 2.05. The average molecular weight is 386 g/mol. The SMILES string of the molecule is C[C@@H](Sc1ccc(Cl)cc1)C(=O)OCC(=O)Nc1c(F)cccc1F. The fourth-order valence-electron chi connectivity index (χ4n) is 1.81. The molecule has 0 bridgehead atoms. The molecule has 0 aromatic heterocycles. The van der Waals surface area contributed by atoms with Crippen molar-refractivity contribution in [3.05, 3.63) is 59.1 Å². The van der Waals surface area contributed by atoms with Crippen molar-refractivity contribution in [3.8, 4) is 0 Å². The number of carbonyl (C=O) groups excluding carboxylic acids is 2. The van der Waals surface area contributed by atoms with E-state index < -0.39 is 41.1 Å². The molecule has 132 valence electrons. The Bertz CT molecular complexity index is 751. The second kappa shape index (κ2) is 8.82. The molecule has 0 saturated heterocycles. The summed E-state index contributed by atoms with van der Waals surface area (Å²) in [6.45, 7) is 0.980. The first-order valence-electron chi connectivity index (χ1n) is 7.19. The number of thioether (sulfide) groups is 1. The van der Waals surface area contributed by atoms with Crippen molar-refractivity contribution in [1.82, 2.24) is 0 Å². The van der Waals surface area contributed by atoms with Gasteiger partial charge in [0.05, 0.1) is 0 Å². The van der Waals surface area contributed by atoms with Crippen LogP contribution in [0.5, 0.6) is 0 Å². The quantitative estimate of drug-likeness (QED) is 0.595. The number of hydrogen-bond acceptors (Lipinski definition) is 4. The van der Waals surface area contributed by atoms with Gasteiger partial charge in [-0.05, 0) is 43.3 Å². The normalized spacial score (nSPS) is 11.7. The van der Waals surface area contributed by atoms with Gasteiger partial charge in [-0.2, -0.15) is 0 Å². The van der Waals surface area contributed by atoms with Crippen LogP contribution in [0.25, 0.3) is 0 Å². The second-order valence-electron chi connectivity index (χ2n) is 4.97. The Morgan fingerprint density at radius 3 is 2.36 bits per heavy atom. The Balaban J connectivity index is 1.84. The molecule has 2 rings (SSSR count). The number of amides is 1. The largest absolute Gasteiger partial charge is 0.455 e. The van der Waals surface area contributed by atoms with Gasteiger partial charge in [0.1, 0.15) is 22.6 Å². The molecule has 0 saturated carbocycles. The first kappa shape index (κ1) is 19.2. The minimum Gasteiger partial charge on any atom is -0.455 e. The highest BCUT2D eigenvalue weighted by atomic mass is 35.5. The minimum atomic E-state index is -0.911. The summed E-state index contributed by atoms with van der Waals surface area (Å²) in [6, 6.07) is 10.1. The van der Waals surface area contributed by atoms with E-state index >= 15 is 0 Å². The van der Waals surface area contributed by atoms with Gasteiger partial charge in [-0.15, -0.1) is 11.8 Å². The molecule has 0 unspecified atom stereocenters. The van der Waals surface area contributed by atoms with Gasteiger partial charge in [0.15, 0.2) is 6.61 Å². The molecular formula is C17H14ClF2NO3S. The number of rotatable bonds is 6. The number of anilines is 1. The standard InChI is InChI=1S/C17H14ClF2NO3S/c1-10(25-12-7-5-11(18)6-8-12)17(23)24-9-15(22)21-16-13(19)3-2-4-14(16)20/h2-8,10H,9H2,1H3,(H,21,22)/t10-/m1/s1. The number of hydrogen-bond donors (Lipinski definition) is 1. The van der Waals surface area contributed by atoms with Gasteiger partial charge in [0.25, 0.3) is 5.91 Å². The summed E-state index contributed by atoms with van der Waals surface area (Å²) in [7, 11) is 0. The molecule has 0 radical (unpaired) electrons. The Labute approximate surface area is 152 Å². The molecule has 8 heteroatoms.